The molecule has 1 atom stereocenters. The SMILES string of the molecule is O=P(O)(CCc1ccco1)C[NH+]1CCOCC1. The molecular weight excluding hydrogens is 241 g/mol. The summed E-state index contributed by atoms with van der Waals surface area (Å²) in [5.41, 5.74) is 0. The Kier molecular flexibility index (Phi) is 4.40. The summed E-state index contributed by atoms with van der Waals surface area (Å²) in [5.74, 6) is 0.774. The summed E-state index contributed by atoms with van der Waals surface area (Å²) in [6.45, 7) is 3.03. The van der Waals surface area contributed by atoms with Crippen molar-refractivity contribution in [1.29, 1.82) is 0 Å². The van der Waals surface area contributed by atoms with E-state index in [0.29, 0.717) is 32.1 Å². The molecule has 0 aromatic carbocycles. The van der Waals surface area contributed by atoms with Gasteiger partial charge in [-0.1, -0.05) is 0 Å². The molecule has 2 N–H and O–H groups in total. The number of aryl methyl sites for hydroxylation is 1. The molecule has 5 nitrogen and oxygen atoms in total. The quantitative estimate of drug-likeness (QED) is 0.729. The maximum absolute atomic E-state index is 12.0. The third-order valence-electron chi connectivity index (χ3n) is 2.96. The second-order valence-electron chi connectivity index (χ2n) is 4.42. The Balaban J connectivity index is 1.79. The zero-order valence-electron chi connectivity index (χ0n) is 9.80. The van der Waals surface area contributed by atoms with E-state index in [1.54, 1.807) is 12.3 Å². The number of hydrogen-bond acceptors (Lipinski definition) is 3. The van der Waals surface area contributed by atoms with E-state index in [1.807, 2.05) is 6.07 Å². The van der Waals surface area contributed by atoms with Gasteiger partial charge in [-0.3, -0.25) is 4.57 Å². The normalized spacial score (nSPS) is 21.2. The number of ether oxygens (including phenoxy) is 1. The molecule has 1 unspecified atom stereocenters. The Bertz CT molecular complexity index is 373. The maximum atomic E-state index is 12.0. The van der Waals surface area contributed by atoms with E-state index in [1.165, 1.54) is 4.90 Å². The van der Waals surface area contributed by atoms with Crippen molar-refractivity contribution < 1.29 is 23.5 Å². The van der Waals surface area contributed by atoms with E-state index in [-0.39, 0.29) is 0 Å². The molecule has 6 heteroatoms. The van der Waals surface area contributed by atoms with Gasteiger partial charge >= 0.3 is 0 Å². The van der Waals surface area contributed by atoms with Crippen molar-refractivity contribution in [2.45, 2.75) is 6.42 Å². The van der Waals surface area contributed by atoms with Crippen molar-refractivity contribution >= 4 is 7.37 Å². The first-order chi connectivity index (χ1) is 8.16. The highest BCUT2D eigenvalue weighted by atomic mass is 31.2. The largest absolute Gasteiger partial charge is 0.469 e. The van der Waals surface area contributed by atoms with Gasteiger partial charge in [0.15, 0.2) is 6.29 Å². The van der Waals surface area contributed by atoms with Gasteiger partial charge in [-0.15, -0.1) is 0 Å². The van der Waals surface area contributed by atoms with Crippen molar-refractivity contribution in [1.82, 2.24) is 0 Å². The molecule has 0 saturated carbocycles. The Morgan fingerprint density at radius 1 is 1.41 bits per heavy atom. The molecule has 2 heterocycles. The summed E-state index contributed by atoms with van der Waals surface area (Å²) in [5, 5.41) is 0. The van der Waals surface area contributed by atoms with Gasteiger partial charge in [0.05, 0.1) is 19.5 Å². The Labute approximate surface area is 101 Å². The van der Waals surface area contributed by atoms with Gasteiger partial charge in [-0.2, -0.15) is 0 Å². The second-order valence-corrected chi connectivity index (χ2v) is 6.88. The van der Waals surface area contributed by atoms with Gasteiger partial charge in [-0.05, 0) is 12.1 Å². The average molecular weight is 260 g/mol. The van der Waals surface area contributed by atoms with Gasteiger partial charge in [0.25, 0.3) is 7.37 Å². The van der Waals surface area contributed by atoms with Crippen LogP contribution < -0.4 is 4.90 Å². The molecule has 1 aromatic rings. The zero-order valence-corrected chi connectivity index (χ0v) is 10.7. The molecule has 1 fully saturated rings. The van der Waals surface area contributed by atoms with Crippen LogP contribution in [-0.2, 0) is 15.7 Å². The lowest BCUT2D eigenvalue weighted by molar-refractivity contribution is -0.897. The first-order valence-corrected chi connectivity index (χ1v) is 7.93. The monoisotopic (exact) mass is 260 g/mol. The fourth-order valence-corrected chi connectivity index (χ4v) is 3.73. The number of nitrogens with one attached hydrogen (secondary N) is 1. The maximum Gasteiger partial charge on any atom is 0.253 e. The number of quaternary nitrogens is 1. The van der Waals surface area contributed by atoms with Crippen LogP contribution in [0.1, 0.15) is 5.76 Å². The van der Waals surface area contributed by atoms with Crippen molar-refractivity contribution in [3.05, 3.63) is 24.2 Å². The Morgan fingerprint density at radius 3 is 2.82 bits per heavy atom. The summed E-state index contributed by atoms with van der Waals surface area (Å²) < 4.78 is 22.4. The third-order valence-corrected chi connectivity index (χ3v) is 4.82. The molecular formula is C11H19NO4P+. The highest BCUT2D eigenvalue weighted by Crippen LogP contribution is 2.38. The molecule has 17 heavy (non-hydrogen) atoms. The van der Waals surface area contributed by atoms with Crippen LogP contribution in [0, 0.1) is 0 Å². The molecule has 1 aliphatic heterocycles. The van der Waals surface area contributed by atoms with Gasteiger partial charge in [0.2, 0.25) is 0 Å². The van der Waals surface area contributed by atoms with E-state index in [4.69, 9.17) is 9.15 Å². The van der Waals surface area contributed by atoms with Crippen LogP contribution in [0.15, 0.2) is 22.8 Å². The summed E-state index contributed by atoms with van der Waals surface area (Å²) in [4.78, 5) is 11.1. The van der Waals surface area contributed by atoms with Crippen molar-refractivity contribution in [2.24, 2.45) is 0 Å². The summed E-state index contributed by atoms with van der Waals surface area (Å²) in [7, 11) is -3.05. The lowest BCUT2D eigenvalue weighted by Gasteiger charge is -2.25. The van der Waals surface area contributed by atoms with Crippen LogP contribution in [0.2, 0.25) is 0 Å². The van der Waals surface area contributed by atoms with E-state index in [9.17, 15) is 9.46 Å². The molecule has 0 bridgehead atoms. The predicted molar refractivity (Wildman–Crippen MR) is 63.5 cm³/mol. The van der Waals surface area contributed by atoms with Crippen molar-refractivity contribution in [3.63, 3.8) is 0 Å². The van der Waals surface area contributed by atoms with Gasteiger partial charge < -0.3 is 18.9 Å². The van der Waals surface area contributed by atoms with E-state index < -0.39 is 7.37 Å². The van der Waals surface area contributed by atoms with Crippen LogP contribution in [0.25, 0.3) is 0 Å². The predicted octanol–water partition coefficient (Wildman–Crippen LogP) is -0.0349. The van der Waals surface area contributed by atoms with Crippen molar-refractivity contribution in [2.75, 3.05) is 38.8 Å². The standard InChI is InChI=1S/C11H18NO4P/c13-17(14,9-3-11-2-1-6-16-11)10-12-4-7-15-8-5-12/h1-2,6H,3-5,7-10H2,(H,13,14)/p+1. The average Bonchev–Trinajstić information content (AvgIpc) is 2.80. The zero-order chi connectivity index (χ0) is 12.1. The summed E-state index contributed by atoms with van der Waals surface area (Å²) in [6, 6.07) is 3.63. The van der Waals surface area contributed by atoms with Crippen LogP contribution in [0.5, 0.6) is 0 Å². The Morgan fingerprint density at radius 2 is 2.18 bits per heavy atom. The molecule has 0 aliphatic carbocycles. The molecule has 2 rings (SSSR count). The topological polar surface area (TPSA) is 64.1 Å². The summed E-state index contributed by atoms with van der Waals surface area (Å²) >= 11 is 0. The molecule has 1 aliphatic rings. The third kappa shape index (κ3) is 4.28. The first-order valence-electron chi connectivity index (χ1n) is 5.90. The van der Waals surface area contributed by atoms with Gasteiger partial charge in [-0.25, -0.2) is 0 Å². The minimum atomic E-state index is -3.05. The number of furan rings is 1. The molecule has 1 aromatic heterocycles. The molecule has 0 radical (unpaired) electrons. The van der Waals surface area contributed by atoms with E-state index in [0.717, 1.165) is 18.8 Å². The lowest BCUT2D eigenvalue weighted by atomic mass is 10.4. The first kappa shape index (κ1) is 12.8. The molecule has 0 amide bonds. The second kappa shape index (κ2) is 5.83. The summed E-state index contributed by atoms with van der Waals surface area (Å²) in [6.07, 6.45) is 2.76. The minimum absolute atomic E-state index is 0.296. The van der Waals surface area contributed by atoms with E-state index >= 15 is 0 Å². The van der Waals surface area contributed by atoms with Crippen LogP contribution >= 0.6 is 7.37 Å². The van der Waals surface area contributed by atoms with Crippen LogP contribution in [0.4, 0.5) is 0 Å². The fraction of sp³-hybridized carbons (Fsp3) is 0.636. The number of morpholine rings is 1. The van der Waals surface area contributed by atoms with Gasteiger partial charge in [0.1, 0.15) is 18.8 Å². The Hall–Kier alpha value is -0.610. The number of hydrogen-bond donors (Lipinski definition) is 2. The van der Waals surface area contributed by atoms with Crippen molar-refractivity contribution in [3.8, 4) is 0 Å². The molecule has 96 valence electrons. The van der Waals surface area contributed by atoms with Gasteiger partial charge in [0, 0.05) is 12.6 Å². The lowest BCUT2D eigenvalue weighted by Crippen LogP contribution is -3.13. The highest BCUT2D eigenvalue weighted by Gasteiger charge is 2.27. The highest BCUT2D eigenvalue weighted by molar-refractivity contribution is 7.57. The number of rotatable bonds is 5. The molecule has 1 saturated heterocycles. The molecule has 0 spiro atoms. The fourth-order valence-electron chi connectivity index (χ4n) is 1.99. The van der Waals surface area contributed by atoms with E-state index in [2.05, 4.69) is 0 Å². The minimum Gasteiger partial charge on any atom is -0.469 e. The smallest absolute Gasteiger partial charge is 0.253 e. The van der Waals surface area contributed by atoms with Crippen LogP contribution in [0.3, 0.4) is 0 Å². The van der Waals surface area contributed by atoms with Crippen LogP contribution in [-0.4, -0.2) is 43.6 Å².